The molecule has 110 valence electrons. The van der Waals surface area contributed by atoms with Gasteiger partial charge in [-0.15, -0.1) is 0 Å². The molecule has 1 amide bonds. The molecule has 1 aliphatic heterocycles. The van der Waals surface area contributed by atoms with Crippen LogP contribution in [0, 0.1) is 0 Å². The lowest BCUT2D eigenvalue weighted by atomic mass is 9.98. The molecule has 3 rings (SSSR count). The predicted octanol–water partition coefficient (Wildman–Crippen LogP) is 3.30. The zero-order valence-corrected chi connectivity index (χ0v) is 12.1. The van der Waals surface area contributed by atoms with E-state index in [1.807, 2.05) is 30.3 Å². The molecule has 4 nitrogen and oxygen atoms in total. The Balaban J connectivity index is 1.84. The van der Waals surface area contributed by atoms with E-state index in [0.717, 1.165) is 11.3 Å². The predicted molar refractivity (Wildman–Crippen MR) is 85.0 cm³/mol. The fourth-order valence-electron chi connectivity index (χ4n) is 2.35. The molecule has 0 spiro atoms. The number of para-hydroxylation sites is 1. The topological polar surface area (TPSA) is 55.4 Å². The summed E-state index contributed by atoms with van der Waals surface area (Å²) in [6.07, 6.45) is 1.82. The van der Waals surface area contributed by atoms with Crippen molar-refractivity contribution in [1.82, 2.24) is 0 Å². The van der Waals surface area contributed by atoms with E-state index in [9.17, 15) is 9.59 Å². The van der Waals surface area contributed by atoms with Gasteiger partial charge in [-0.25, -0.2) is 0 Å². The molecule has 0 unspecified atom stereocenters. The minimum Gasteiger partial charge on any atom is -0.488 e. The van der Waals surface area contributed by atoms with Crippen LogP contribution in [0.25, 0.3) is 6.08 Å². The number of carbonyl (C=O) groups is 2. The largest absolute Gasteiger partial charge is 0.488 e. The molecule has 0 aliphatic carbocycles. The second-order valence-electron chi connectivity index (χ2n) is 5.09. The van der Waals surface area contributed by atoms with Gasteiger partial charge in [0.05, 0.1) is 5.56 Å². The maximum Gasteiger partial charge on any atom is 0.221 e. The number of hydrogen-bond acceptors (Lipinski definition) is 3. The molecule has 0 atom stereocenters. The van der Waals surface area contributed by atoms with E-state index < -0.39 is 0 Å². The number of anilines is 1. The van der Waals surface area contributed by atoms with E-state index in [0.29, 0.717) is 16.9 Å². The number of amides is 1. The summed E-state index contributed by atoms with van der Waals surface area (Å²) >= 11 is 0. The first kappa shape index (κ1) is 14.1. The van der Waals surface area contributed by atoms with Crippen LogP contribution < -0.4 is 10.1 Å². The van der Waals surface area contributed by atoms with Crippen molar-refractivity contribution in [2.75, 3.05) is 11.9 Å². The van der Waals surface area contributed by atoms with Crippen LogP contribution in [0.4, 0.5) is 5.69 Å². The second kappa shape index (κ2) is 5.85. The van der Waals surface area contributed by atoms with Crippen molar-refractivity contribution in [3.63, 3.8) is 0 Å². The molecule has 0 radical (unpaired) electrons. The van der Waals surface area contributed by atoms with Crippen LogP contribution >= 0.6 is 0 Å². The molecule has 4 heteroatoms. The maximum atomic E-state index is 12.4. The van der Waals surface area contributed by atoms with Gasteiger partial charge in [0, 0.05) is 18.2 Å². The van der Waals surface area contributed by atoms with Gasteiger partial charge >= 0.3 is 0 Å². The average molecular weight is 293 g/mol. The number of nitrogens with one attached hydrogen (secondary N) is 1. The highest BCUT2D eigenvalue weighted by atomic mass is 16.5. The lowest BCUT2D eigenvalue weighted by Gasteiger charge is -2.18. The fourth-order valence-corrected chi connectivity index (χ4v) is 2.35. The summed E-state index contributed by atoms with van der Waals surface area (Å²) in [6.45, 7) is 1.73. The van der Waals surface area contributed by atoms with Crippen LogP contribution in [0.2, 0.25) is 0 Å². The fraction of sp³-hybridized carbons (Fsp3) is 0.111. The highest BCUT2D eigenvalue weighted by molar-refractivity contribution is 6.14. The normalized spacial score (nSPS) is 15.1. The molecular formula is C18H15NO3. The molecule has 0 aromatic heterocycles. The number of rotatable bonds is 2. The summed E-state index contributed by atoms with van der Waals surface area (Å²) < 4.78 is 5.61. The molecule has 2 aromatic rings. The van der Waals surface area contributed by atoms with E-state index in [2.05, 4.69) is 5.32 Å². The van der Waals surface area contributed by atoms with E-state index in [1.54, 1.807) is 24.3 Å². The van der Waals surface area contributed by atoms with Crippen LogP contribution in [-0.2, 0) is 4.79 Å². The van der Waals surface area contributed by atoms with Gasteiger partial charge in [-0.05, 0) is 35.9 Å². The average Bonchev–Trinajstić information content (AvgIpc) is 2.52. The van der Waals surface area contributed by atoms with Gasteiger partial charge in [0.2, 0.25) is 5.91 Å². The van der Waals surface area contributed by atoms with Gasteiger partial charge in [-0.1, -0.05) is 24.3 Å². The minimum absolute atomic E-state index is 0.00668. The molecule has 0 saturated heterocycles. The van der Waals surface area contributed by atoms with Crippen LogP contribution in [0.15, 0.2) is 54.1 Å². The Morgan fingerprint density at radius 1 is 1.14 bits per heavy atom. The standard InChI is InChI=1S/C18H15NO3/c1-12(20)19-15-8-6-13(7-9-15)10-14-11-22-17-5-3-2-4-16(17)18(14)21/h2-10H,11H2,1H3,(H,19,20)/b14-10-. The van der Waals surface area contributed by atoms with Gasteiger partial charge in [0.15, 0.2) is 5.78 Å². The highest BCUT2D eigenvalue weighted by Crippen LogP contribution is 2.27. The van der Waals surface area contributed by atoms with Crippen molar-refractivity contribution in [2.24, 2.45) is 0 Å². The first-order chi connectivity index (χ1) is 10.6. The summed E-state index contributed by atoms with van der Waals surface area (Å²) in [5.41, 5.74) is 2.83. The summed E-state index contributed by atoms with van der Waals surface area (Å²) in [4.78, 5) is 23.4. The van der Waals surface area contributed by atoms with Crippen molar-refractivity contribution >= 4 is 23.5 Å². The minimum atomic E-state index is -0.112. The van der Waals surface area contributed by atoms with Crippen molar-refractivity contribution in [3.8, 4) is 5.75 Å². The Bertz CT molecular complexity index is 760. The number of ether oxygens (including phenoxy) is 1. The lowest BCUT2D eigenvalue weighted by Crippen LogP contribution is -2.18. The monoisotopic (exact) mass is 293 g/mol. The summed E-state index contributed by atoms with van der Waals surface area (Å²) in [6, 6.07) is 14.5. The Hall–Kier alpha value is -2.88. The molecular weight excluding hydrogens is 278 g/mol. The molecule has 0 saturated carbocycles. The van der Waals surface area contributed by atoms with Gasteiger partial charge in [-0.2, -0.15) is 0 Å². The number of fused-ring (bicyclic) bond motifs is 1. The molecule has 2 aromatic carbocycles. The second-order valence-corrected chi connectivity index (χ2v) is 5.09. The smallest absolute Gasteiger partial charge is 0.221 e. The Kier molecular flexibility index (Phi) is 3.74. The van der Waals surface area contributed by atoms with Crippen molar-refractivity contribution in [1.29, 1.82) is 0 Å². The van der Waals surface area contributed by atoms with Gasteiger partial charge in [0.25, 0.3) is 0 Å². The summed E-state index contributed by atoms with van der Waals surface area (Å²) in [5, 5.41) is 2.71. The Morgan fingerprint density at radius 2 is 1.86 bits per heavy atom. The summed E-state index contributed by atoms with van der Waals surface area (Å²) in [5.74, 6) is 0.511. The first-order valence-corrected chi connectivity index (χ1v) is 6.98. The van der Waals surface area contributed by atoms with Gasteiger partial charge in [-0.3, -0.25) is 9.59 Å². The number of hydrogen-bond donors (Lipinski definition) is 1. The Labute approximate surface area is 128 Å². The zero-order chi connectivity index (χ0) is 15.5. The van der Waals surface area contributed by atoms with Crippen LogP contribution in [-0.4, -0.2) is 18.3 Å². The third kappa shape index (κ3) is 2.91. The van der Waals surface area contributed by atoms with Crippen molar-refractivity contribution < 1.29 is 14.3 Å². The molecule has 22 heavy (non-hydrogen) atoms. The third-order valence-electron chi connectivity index (χ3n) is 3.38. The van der Waals surface area contributed by atoms with Crippen molar-refractivity contribution in [3.05, 3.63) is 65.2 Å². The summed E-state index contributed by atoms with van der Waals surface area (Å²) in [7, 11) is 0. The van der Waals surface area contributed by atoms with Crippen LogP contribution in [0.3, 0.4) is 0 Å². The quantitative estimate of drug-likeness (QED) is 0.864. The lowest BCUT2D eigenvalue weighted by molar-refractivity contribution is -0.114. The number of ketones is 1. The highest BCUT2D eigenvalue weighted by Gasteiger charge is 2.22. The van der Waals surface area contributed by atoms with Crippen molar-refractivity contribution in [2.45, 2.75) is 6.92 Å². The number of Topliss-reactive ketones (excluding diaryl/α,β-unsaturated/α-hetero) is 1. The third-order valence-corrected chi connectivity index (χ3v) is 3.38. The van der Waals surface area contributed by atoms with Gasteiger partial charge < -0.3 is 10.1 Å². The molecule has 1 aliphatic rings. The van der Waals surface area contributed by atoms with Crippen LogP contribution in [0.5, 0.6) is 5.75 Å². The number of carbonyl (C=O) groups excluding carboxylic acids is 2. The van der Waals surface area contributed by atoms with E-state index in [4.69, 9.17) is 4.74 Å². The first-order valence-electron chi connectivity index (χ1n) is 6.98. The molecule has 0 fully saturated rings. The maximum absolute atomic E-state index is 12.4. The van der Waals surface area contributed by atoms with E-state index in [-0.39, 0.29) is 18.3 Å². The SMILES string of the molecule is CC(=O)Nc1ccc(/C=C2/COc3ccccc3C2=O)cc1. The molecule has 0 bridgehead atoms. The zero-order valence-electron chi connectivity index (χ0n) is 12.1. The van der Waals surface area contributed by atoms with Crippen LogP contribution in [0.1, 0.15) is 22.8 Å². The number of benzene rings is 2. The Morgan fingerprint density at radius 3 is 2.59 bits per heavy atom. The van der Waals surface area contributed by atoms with E-state index in [1.165, 1.54) is 6.92 Å². The molecule has 1 heterocycles. The molecule has 1 N–H and O–H groups in total. The van der Waals surface area contributed by atoms with E-state index >= 15 is 0 Å². The van der Waals surface area contributed by atoms with Gasteiger partial charge in [0.1, 0.15) is 12.4 Å².